The molecule has 4 rings (SSSR count). The Labute approximate surface area is 272 Å². The highest BCUT2D eigenvalue weighted by Gasteiger charge is 2.55. The van der Waals surface area contributed by atoms with Gasteiger partial charge in [-0.05, 0) is 29.0 Å². The fourth-order valence-electron chi connectivity index (χ4n) is 4.66. The molecule has 0 aliphatic heterocycles. The Bertz CT molecular complexity index is 1990. The lowest BCUT2D eigenvalue weighted by molar-refractivity contribution is -0.145. The summed E-state index contributed by atoms with van der Waals surface area (Å²) in [6, 6.07) is 14.7. The van der Waals surface area contributed by atoms with Crippen LogP contribution in [-0.4, -0.2) is 35.6 Å². The molecule has 15 heteroatoms. The summed E-state index contributed by atoms with van der Waals surface area (Å²) in [6.45, 7) is 7.46. The second-order valence-corrected chi connectivity index (χ2v) is 12.5. The number of ether oxygens (including phenoxy) is 2. The first kappa shape index (κ1) is 34.1. The standard InChI is InChI=1S/C31H30Cl2N6O7/c1-17(2)20-13-23(35-36-26(20)40)46-24-21(32)11-19(12-22(24)33)39-29(44)38(16-45-14-18-9-7-6-8-10-18)27(41)25(37-39)31(15-34,28(42)43)30(3,4)5/h6-13,17H,14,16H2,1-5H3,(H,36,40)(H,42,43). The smallest absolute Gasteiger partial charge is 0.354 e. The van der Waals surface area contributed by atoms with Crippen molar-refractivity contribution in [2.24, 2.45) is 5.41 Å². The molecule has 0 radical (unpaired) electrons. The number of carboxylic acids is 1. The first-order valence-corrected chi connectivity index (χ1v) is 14.7. The molecule has 2 aromatic heterocycles. The molecule has 0 saturated heterocycles. The molecule has 0 fully saturated rings. The summed E-state index contributed by atoms with van der Waals surface area (Å²) in [4.78, 5) is 52.3. The number of nitriles is 1. The van der Waals surface area contributed by atoms with Crippen LogP contribution >= 0.6 is 23.2 Å². The maximum atomic E-state index is 13.8. The normalized spacial score (nSPS) is 12.8. The molecule has 1 atom stereocenters. The summed E-state index contributed by atoms with van der Waals surface area (Å²) in [5, 5.41) is 30.6. The van der Waals surface area contributed by atoms with Crippen LogP contribution in [0.5, 0.6) is 11.6 Å². The minimum absolute atomic E-state index is 0.00742. The van der Waals surface area contributed by atoms with Gasteiger partial charge in [0.15, 0.2) is 11.4 Å². The van der Waals surface area contributed by atoms with Gasteiger partial charge < -0.3 is 14.6 Å². The number of carboxylic acid groups (broad SMARTS) is 1. The number of halogens is 2. The summed E-state index contributed by atoms with van der Waals surface area (Å²) in [5.41, 5.74) is -6.00. The van der Waals surface area contributed by atoms with Crippen LogP contribution in [0.15, 0.2) is 62.9 Å². The third kappa shape index (κ3) is 6.46. The molecule has 0 aliphatic rings. The van der Waals surface area contributed by atoms with Crippen molar-refractivity contribution in [3.8, 4) is 23.4 Å². The number of hydrogen-bond acceptors (Lipinski definition) is 9. The van der Waals surface area contributed by atoms with Crippen molar-refractivity contribution >= 4 is 29.2 Å². The van der Waals surface area contributed by atoms with Gasteiger partial charge in [-0.25, -0.2) is 14.5 Å². The Balaban J connectivity index is 1.89. The number of nitrogens with zero attached hydrogens (tertiary/aromatic N) is 5. The first-order valence-electron chi connectivity index (χ1n) is 13.9. The molecule has 0 spiro atoms. The van der Waals surface area contributed by atoms with Crippen molar-refractivity contribution in [2.45, 2.75) is 59.3 Å². The molecule has 0 amide bonds. The molecule has 0 aliphatic carbocycles. The molecule has 2 N–H and O–H groups in total. The lowest BCUT2D eigenvalue weighted by Crippen LogP contribution is -2.54. The highest BCUT2D eigenvalue weighted by Crippen LogP contribution is 2.40. The molecule has 2 heterocycles. The van der Waals surface area contributed by atoms with Gasteiger partial charge in [-0.3, -0.25) is 14.4 Å². The number of H-pyrrole nitrogens is 1. The first-order chi connectivity index (χ1) is 21.6. The average Bonchev–Trinajstić information content (AvgIpc) is 2.98. The largest absolute Gasteiger partial charge is 0.480 e. The maximum Gasteiger partial charge on any atom is 0.354 e. The van der Waals surface area contributed by atoms with Gasteiger partial charge in [0.1, 0.15) is 6.73 Å². The predicted molar refractivity (Wildman–Crippen MR) is 169 cm³/mol. The Kier molecular flexibility index (Phi) is 9.86. The highest BCUT2D eigenvalue weighted by molar-refractivity contribution is 6.37. The fourth-order valence-corrected chi connectivity index (χ4v) is 5.21. The van der Waals surface area contributed by atoms with Crippen LogP contribution in [0.25, 0.3) is 5.69 Å². The summed E-state index contributed by atoms with van der Waals surface area (Å²) in [6.07, 6.45) is 0. The maximum absolute atomic E-state index is 13.8. The molecule has 0 saturated carbocycles. The minimum atomic E-state index is -2.48. The van der Waals surface area contributed by atoms with Crippen molar-refractivity contribution in [2.75, 3.05) is 0 Å². The van der Waals surface area contributed by atoms with Gasteiger partial charge in [0, 0.05) is 11.6 Å². The zero-order chi connectivity index (χ0) is 34.0. The van der Waals surface area contributed by atoms with Gasteiger partial charge in [-0.15, -0.1) is 5.10 Å². The van der Waals surface area contributed by atoms with Gasteiger partial charge in [0.25, 0.3) is 11.1 Å². The van der Waals surface area contributed by atoms with Gasteiger partial charge in [-0.1, -0.05) is 88.2 Å². The van der Waals surface area contributed by atoms with E-state index in [1.807, 2.05) is 19.9 Å². The van der Waals surface area contributed by atoms with Crippen molar-refractivity contribution in [1.29, 1.82) is 5.26 Å². The van der Waals surface area contributed by atoms with Crippen molar-refractivity contribution in [1.82, 2.24) is 24.5 Å². The third-order valence-electron chi connectivity index (χ3n) is 7.23. The molecule has 46 heavy (non-hydrogen) atoms. The van der Waals surface area contributed by atoms with E-state index in [-0.39, 0.29) is 45.4 Å². The van der Waals surface area contributed by atoms with E-state index in [9.17, 15) is 29.5 Å². The molecular weight excluding hydrogens is 639 g/mol. The minimum Gasteiger partial charge on any atom is -0.480 e. The van der Waals surface area contributed by atoms with Crippen LogP contribution in [0, 0.1) is 16.7 Å². The SMILES string of the molecule is CC(C)c1cc(Oc2c(Cl)cc(-n3nc(C(C#N)(C(=O)O)C(C)(C)C)c(=O)n(COCc4ccccc4)c3=O)cc2Cl)n[nH]c1=O. The van der Waals surface area contributed by atoms with E-state index in [1.165, 1.54) is 39.0 Å². The monoisotopic (exact) mass is 668 g/mol. The van der Waals surface area contributed by atoms with Gasteiger partial charge in [0.05, 0.1) is 28.4 Å². The van der Waals surface area contributed by atoms with E-state index < -0.39 is 40.5 Å². The Morgan fingerprint density at radius 3 is 2.26 bits per heavy atom. The van der Waals surface area contributed by atoms with E-state index in [2.05, 4.69) is 15.3 Å². The number of benzene rings is 2. The lowest BCUT2D eigenvalue weighted by Gasteiger charge is -2.34. The highest BCUT2D eigenvalue weighted by atomic mass is 35.5. The summed E-state index contributed by atoms with van der Waals surface area (Å²) >= 11 is 13.1. The summed E-state index contributed by atoms with van der Waals surface area (Å²) < 4.78 is 12.8. The number of aliphatic carboxylic acids is 1. The van der Waals surface area contributed by atoms with Gasteiger partial charge in [-0.2, -0.15) is 15.0 Å². The van der Waals surface area contributed by atoms with Gasteiger partial charge in [0.2, 0.25) is 11.3 Å². The lowest BCUT2D eigenvalue weighted by atomic mass is 9.65. The number of rotatable bonds is 10. The topological polar surface area (TPSA) is 182 Å². The Hall–Kier alpha value is -4.77. The van der Waals surface area contributed by atoms with Crippen molar-refractivity contribution in [3.63, 3.8) is 0 Å². The van der Waals surface area contributed by atoms with E-state index >= 15 is 0 Å². The fraction of sp³-hybridized carbons (Fsp3) is 0.323. The molecule has 1 unspecified atom stereocenters. The van der Waals surface area contributed by atoms with Crippen molar-refractivity contribution < 1.29 is 19.4 Å². The average molecular weight is 670 g/mol. The summed E-state index contributed by atoms with van der Waals surface area (Å²) in [5.74, 6) is -1.85. The Morgan fingerprint density at radius 2 is 1.72 bits per heavy atom. The number of carbonyl (C=O) groups is 1. The van der Waals surface area contributed by atoms with Crippen LogP contribution in [0.3, 0.4) is 0 Å². The van der Waals surface area contributed by atoms with Gasteiger partial charge >= 0.3 is 11.7 Å². The van der Waals surface area contributed by atoms with E-state index in [0.29, 0.717) is 10.1 Å². The van der Waals surface area contributed by atoms with E-state index in [1.54, 1.807) is 30.3 Å². The zero-order valence-electron chi connectivity index (χ0n) is 25.5. The summed E-state index contributed by atoms with van der Waals surface area (Å²) in [7, 11) is 0. The predicted octanol–water partition coefficient (Wildman–Crippen LogP) is 4.77. The molecule has 0 bridgehead atoms. The third-order valence-corrected chi connectivity index (χ3v) is 7.79. The zero-order valence-corrected chi connectivity index (χ0v) is 27.0. The van der Waals surface area contributed by atoms with E-state index in [0.717, 1.165) is 10.2 Å². The molecule has 4 aromatic rings. The molecular formula is C31H30Cl2N6O7. The second kappa shape index (κ2) is 13.3. The quantitative estimate of drug-likeness (QED) is 0.239. The van der Waals surface area contributed by atoms with Crippen LogP contribution in [0.1, 0.15) is 57.4 Å². The van der Waals surface area contributed by atoms with Crippen LogP contribution in [-0.2, 0) is 28.3 Å². The number of aromatic amines is 1. The second-order valence-electron chi connectivity index (χ2n) is 11.6. The number of aromatic nitrogens is 5. The van der Waals surface area contributed by atoms with Crippen molar-refractivity contribution in [3.05, 3.63) is 107 Å². The van der Waals surface area contributed by atoms with Crippen LogP contribution in [0.2, 0.25) is 10.0 Å². The number of nitrogens with one attached hydrogen (secondary N) is 1. The number of hydrogen-bond donors (Lipinski definition) is 2. The molecule has 13 nitrogen and oxygen atoms in total. The molecule has 240 valence electrons. The van der Waals surface area contributed by atoms with E-state index in [4.69, 9.17) is 32.7 Å². The molecule has 2 aromatic carbocycles. The van der Waals surface area contributed by atoms with Crippen LogP contribution < -0.4 is 21.5 Å². The van der Waals surface area contributed by atoms with Crippen LogP contribution in [0.4, 0.5) is 0 Å². The Morgan fingerprint density at radius 1 is 1.09 bits per heavy atom.